The summed E-state index contributed by atoms with van der Waals surface area (Å²) < 4.78 is 17.7. The van der Waals surface area contributed by atoms with E-state index in [9.17, 15) is 4.79 Å². The van der Waals surface area contributed by atoms with Crippen LogP contribution in [0, 0.1) is 0 Å². The van der Waals surface area contributed by atoms with Gasteiger partial charge in [-0.25, -0.2) is 10.9 Å². The van der Waals surface area contributed by atoms with Gasteiger partial charge in [-0.05, 0) is 62.5 Å². The van der Waals surface area contributed by atoms with E-state index in [2.05, 4.69) is 38.8 Å². The molecule has 0 unspecified atom stereocenters. The molecule has 0 spiro atoms. The summed E-state index contributed by atoms with van der Waals surface area (Å²) in [7, 11) is 0. The Balaban J connectivity index is 1.80. The lowest BCUT2D eigenvalue weighted by atomic mass is 10.2. The van der Waals surface area contributed by atoms with Crippen LogP contribution < -0.4 is 25.1 Å². The van der Waals surface area contributed by atoms with E-state index in [-0.39, 0.29) is 12.7 Å². The number of amides is 1. The van der Waals surface area contributed by atoms with Crippen molar-refractivity contribution in [1.82, 2.24) is 0 Å². The van der Waals surface area contributed by atoms with E-state index in [1.165, 1.54) is 0 Å². The molecular weight excluding hydrogens is 468 g/mol. The van der Waals surface area contributed by atoms with Gasteiger partial charge in [-0.2, -0.15) is 0 Å². The number of hydrogen-bond donors (Lipinski definition) is 1. The lowest BCUT2D eigenvalue weighted by Crippen LogP contribution is -2.37. The molecule has 0 fully saturated rings. The zero-order valence-electron chi connectivity index (χ0n) is 14.1. The first-order chi connectivity index (χ1) is 12.5. The van der Waals surface area contributed by atoms with Crippen LogP contribution in [0.2, 0.25) is 0 Å². The molecule has 1 aliphatic heterocycles. The molecule has 0 aromatic heterocycles. The van der Waals surface area contributed by atoms with Crippen molar-refractivity contribution in [3.63, 3.8) is 0 Å². The topological polar surface area (TPSA) is 74.0 Å². The number of nitrogens with zero attached hydrogens (tertiary/aromatic N) is 1. The van der Waals surface area contributed by atoms with Crippen molar-refractivity contribution in [3.05, 3.63) is 44.8 Å². The summed E-state index contributed by atoms with van der Waals surface area (Å²) in [6.45, 7) is 2.87. The monoisotopic (exact) mass is 484 g/mol. The molecule has 0 bridgehead atoms. The fourth-order valence-corrected chi connectivity index (χ4v) is 3.85. The van der Waals surface area contributed by atoms with Crippen molar-refractivity contribution < 1.29 is 19.0 Å². The van der Waals surface area contributed by atoms with Crippen LogP contribution in [0.1, 0.15) is 30.1 Å². The number of unbranched alkanes of at least 4 members (excludes halogenated alkanes) is 1. The number of nitrogens with two attached hydrogens (primary N) is 1. The zero-order chi connectivity index (χ0) is 18.7. The molecule has 6 nitrogen and oxygen atoms in total. The second kappa shape index (κ2) is 8.28. The van der Waals surface area contributed by atoms with Gasteiger partial charge in [0.25, 0.3) is 5.91 Å². The average Bonchev–Trinajstić information content (AvgIpc) is 3.10. The summed E-state index contributed by atoms with van der Waals surface area (Å²) in [5.41, 5.74) is 0.932. The van der Waals surface area contributed by atoms with Crippen LogP contribution >= 0.6 is 31.9 Å². The highest BCUT2D eigenvalue weighted by molar-refractivity contribution is 9.11. The summed E-state index contributed by atoms with van der Waals surface area (Å²) in [4.78, 5) is 12.8. The van der Waals surface area contributed by atoms with Crippen LogP contribution in [-0.2, 0) is 0 Å². The van der Waals surface area contributed by atoms with Crippen LogP contribution in [0.15, 0.2) is 39.3 Å². The molecule has 26 heavy (non-hydrogen) atoms. The van der Waals surface area contributed by atoms with E-state index in [0.29, 0.717) is 44.1 Å². The SMILES string of the molecule is CCCCOc1c(Br)cc(C(=O)N(N)c2ccc3c(c2)OCO3)cc1Br. The second-order valence-corrected chi connectivity index (χ2v) is 7.39. The molecule has 3 rings (SSSR count). The van der Waals surface area contributed by atoms with Gasteiger partial charge >= 0.3 is 0 Å². The predicted octanol–water partition coefficient (Wildman–Crippen LogP) is 4.64. The van der Waals surface area contributed by atoms with Crippen LogP contribution in [0.25, 0.3) is 0 Å². The molecule has 2 N–H and O–H groups in total. The number of hydrazine groups is 1. The van der Waals surface area contributed by atoms with Crippen LogP contribution in [-0.4, -0.2) is 19.3 Å². The maximum Gasteiger partial charge on any atom is 0.272 e. The number of rotatable bonds is 6. The Morgan fingerprint density at radius 3 is 2.58 bits per heavy atom. The minimum absolute atomic E-state index is 0.163. The fourth-order valence-electron chi connectivity index (χ4n) is 2.43. The minimum atomic E-state index is -0.356. The Hall–Kier alpha value is -1.77. The highest BCUT2D eigenvalue weighted by Crippen LogP contribution is 2.37. The van der Waals surface area contributed by atoms with Gasteiger partial charge in [0.05, 0.1) is 21.2 Å². The lowest BCUT2D eigenvalue weighted by Gasteiger charge is -2.18. The Morgan fingerprint density at radius 1 is 1.19 bits per heavy atom. The normalized spacial score (nSPS) is 12.2. The molecule has 0 atom stereocenters. The van der Waals surface area contributed by atoms with Crippen LogP contribution in [0.4, 0.5) is 5.69 Å². The highest BCUT2D eigenvalue weighted by atomic mass is 79.9. The van der Waals surface area contributed by atoms with E-state index >= 15 is 0 Å². The number of benzene rings is 2. The third-order valence-corrected chi connectivity index (χ3v) is 5.02. The molecule has 138 valence electrons. The molecule has 0 radical (unpaired) electrons. The van der Waals surface area contributed by atoms with Gasteiger partial charge in [0.1, 0.15) is 5.75 Å². The molecule has 2 aromatic carbocycles. The molecule has 1 heterocycles. The van der Waals surface area contributed by atoms with E-state index < -0.39 is 0 Å². The van der Waals surface area contributed by atoms with Crippen molar-refractivity contribution >= 4 is 43.5 Å². The van der Waals surface area contributed by atoms with Crippen LogP contribution in [0.5, 0.6) is 17.2 Å². The summed E-state index contributed by atoms with van der Waals surface area (Å²) in [5, 5.41) is 1.08. The van der Waals surface area contributed by atoms with Crippen LogP contribution in [0.3, 0.4) is 0 Å². The van der Waals surface area contributed by atoms with E-state index in [4.69, 9.17) is 20.1 Å². The minimum Gasteiger partial charge on any atom is -0.491 e. The Morgan fingerprint density at radius 2 is 1.88 bits per heavy atom. The van der Waals surface area contributed by atoms with Crippen molar-refractivity contribution in [3.8, 4) is 17.2 Å². The Kier molecular flexibility index (Phi) is 6.05. The quantitative estimate of drug-likeness (QED) is 0.279. The van der Waals surface area contributed by atoms with Gasteiger partial charge in [0, 0.05) is 11.6 Å². The first kappa shape index (κ1) is 19.0. The molecule has 0 saturated heterocycles. The maximum atomic E-state index is 12.8. The number of fused-ring (bicyclic) bond motifs is 1. The van der Waals surface area contributed by atoms with Crippen molar-refractivity contribution in [2.24, 2.45) is 5.84 Å². The average molecular weight is 486 g/mol. The van der Waals surface area contributed by atoms with Gasteiger partial charge < -0.3 is 14.2 Å². The van der Waals surface area contributed by atoms with Crippen molar-refractivity contribution in [2.75, 3.05) is 18.4 Å². The van der Waals surface area contributed by atoms with Gasteiger partial charge in [-0.3, -0.25) is 4.79 Å². The van der Waals surface area contributed by atoms with Gasteiger partial charge in [0.2, 0.25) is 6.79 Å². The summed E-state index contributed by atoms with van der Waals surface area (Å²) in [6, 6.07) is 8.49. The summed E-state index contributed by atoms with van der Waals surface area (Å²) in [6.07, 6.45) is 2.00. The lowest BCUT2D eigenvalue weighted by molar-refractivity contribution is 0.0986. The molecule has 0 saturated carbocycles. The second-order valence-electron chi connectivity index (χ2n) is 5.68. The summed E-state index contributed by atoms with van der Waals surface area (Å²) >= 11 is 6.92. The fraction of sp³-hybridized carbons (Fsp3) is 0.278. The molecule has 1 amide bonds. The molecular formula is C18H18Br2N2O4. The molecule has 2 aromatic rings. The predicted molar refractivity (Wildman–Crippen MR) is 106 cm³/mol. The number of anilines is 1. The third kappa shape index (κ3) is 3.97. The van der Waals surface area contributed by atoms with E-state index in [0.717, 1.165) is 17.9 Å². The molecule has 0 aliphatic carbocycles. The highest BCUT2D eigenvalue weighted by Gasteiger charge is 2.21. The molecule has 8 heteroatoms. The summed E-state index contributed by atoms with van der Waals surface area (Å²) in [5.74, 6) is 7.53. The molecule has 1 aliphatic rings. The first-order valence-corrected chi connectivity index (χ1v) is 9.70. The Labute approximate surface area is 168 Å². The third-order valence-electron chi connectivity index (χ3n) is 3.84. The van der Waals surface area contributed by atoms with Gasteiger partial charge in [-0.1, -0.05) is 13.3 Å². The first-order valence-electron chi connectivity index (χ1n) is 8.12. The van der Waals surface area contributed by atoms with E-state index in [1.54, 1.807) is 30.3 Å². The number of carbonyl (C=O) groups is 1. The number of carbonyl (C=O) groups excluding carboxylic acids is 1. The van der Waals surface area contributed by atoms with E-state index in [1.807, 2.05) is 0 Å². The van der Waals surface area contributed by atoms with Gasteiger partial charge in [0.15, 0.2) is 11.5 Å². The number of halogens is 2. The smallest absolute Gasteiger partial charge is 0.272 e. The van der Waals surface area contributed by atoms with Crippen molar-refractivity contribution in [2.45, 2.75) is 19.8 Å². The number of hydrogen-bond acceptors (Lipinski definition) is 5. The largest absolute Gasteiger partial charge is 0.491 e. The Bertz CT molecular complexity index is 806. The van der Waals surface area contributed by atoms with Crippen molar-refractivity contribution in [1.29, 1.82) is 0 Å². The zero-order valence-corrected chi connectivity index (χ0v) is 17.3. The number of ether oxygens (including phenoxy) is 3. The maximum absolute atomic E-state index is 12.8. The van der Waals surface area contributed by atoms with Gasteiger partial charge in [-0.15, -0.1) is 0 Å². The standard InChI is InChI=1S/C18H18Br2N2O4/c1-2-3-6-24-17-13(19)7-11(8-14(17)20)18(23)22(21)12-4-5-15-16(9-12)26-10-25-15/h4-5,7-9H,2-3,6,10,21H2,1H3.